The van der Waals surface area contributed by atoms with Crippen LogP contribution in [0.15, 0.2) is 0 Å². The zero-order valence-corrected chi connectivity index (χ0v) is 9.86. The minimum atomic E-state index is 0.213. The number of amides is 1. The summed E-state index contributed by atoms with van der Waals surface area (Å²) < 4.78 is 5.60. The minimum absolute atomic E-state index is 0.213. The van der Waals surface area contributed by atoms with Crippen molar-refractivity contribution in [1.82, 2.24) is 4.90 Å². The van der Waals surface area contributed by atoms with E-state index in [0.717, 1.165) is 19.6 Å². The minimum Gasteiger partial charge on any atom is -0.379 e. The fraction of sp³-hybridized carbons (Fsp3) is 0.917. The van der Waals surface area contributed by atoms with E-state index in [2.05, 4.69) is 0 Å². The van der Waals surface area contributed by atoms with Gasteiger partial charge in [0.2, 0.25) is 5.91 Å². The molecule has 16 heavy (non-hydrogen) atoms. The largest absolute Gasteiger partial charge is 0.379 e. The molecule has 2 N–H and O–H groups in total. The molecule has 1 aliphatic heterocycles. The Morgan fingerprint density at radius 3 is 3.00 bits per heavy atom. The van der Waals surface area contributed by atoms with Crippen LogP contribution in [0.3, 0.4) is 0 Å². The molecule has 4 nitrogen and oxygen atoms in total. The molecule has 0 bridgehead atoms. The Balaban J connectivity index is 2.05. The van der Waals surface area contributed by atoms with Crippen LogP contribution in [0, 0.1) is 5.92 Å². The number of fused-ring (bicyclic) bond motifs is 1. The van der Waals surface area contributed by atoms with E-state index in [9.17, 15) is 4.79 Å². The van der Waals surface area contributed by atoms with E-state index in [-0.39, 0.29) is 5.91 Å². The number of carbonyl (C=O) groups excluding carboxylic acids is 1. The van der Waals surface area contributed by atoms with Gasteiger partial charge >= 0.3 is 0 Å². The summed E-state index contributed by atoms with van der Waals surface area (Å²) >= 11 is 0. The average Bonchev–Trinajstić information content (AvgIpc) is 2.51. The summed E-state index contributed by atoms with van der Waals surface area (Å²) in [6, 6.07) is 0.412. The lowest BCUT2D eigenvalue weighted by Crippen LogP contribution is -2.46. The first-order chi connectivity index (χ1) is 7.83. The van der Waals surface area contributed by atoms with Gasteiger partial charge in [-0.25, -0.2) is 0 Å². The molecule has 2 atom stereocenters. The lowest BCUT2D eigenvalue weighted by molar-refractivity contribution is -0.134. The van der Waals surface area contributed by atoms with Gasteiger partial charge in [0, 0.05) is 31.5 Å². The van der Waals surface area contributed by atoms with Crippen molar-refractivity contribution in [3.8, 4) is 0 Å². The molecule has 1 aliphatic carbocycles. The van der Waals surface area contributed by atoms with Crippen LogP contribution in [0.5, 0.6) is 0 Å². The molecule has 0 unspecified atom stereocenters. The Bertz CT molecular complexity index is 245. The number of hydrogen-bond acceptors (Lipinski definition) is 3. The van der Waals surface area contributed by atoms with E-state index in [4.69, 9.17) is 10.5 Å². The highest BCUT2D eigenvalue weighted by Crippen LogP contribution is 2.30. The number of nitrogens with zero attached hydrogens (tertiary/aromatic N) is 1. The van der Waals surface area contributed by atoms with Crippen LogP contribution >= 0.6 is 0 Å². The standard InChI is InChI=1S/C12H22N2O2/c13-6-5-12(15)14-7-8-16-9-10-3-1-2-4-11(10)14/h10-11H,1-9,13H2/t10-,11+/m1/s1. The second kappa shape index (κ2) is 5.64. The van der Waals surface area contributed by atoms with Gasteiger partial charge in [-0.1, -0.05) is 12.8 Å². The van der Waals surface area contributed by atoms with E-state index >= 15 is 0 Å². The van der Waals surface area contributed by atoms with E-state index in [1.54, 1.807) is 0 Å². The summed E-state index contributed by atoms with van der Waals surface area (Å²) in [4.78, 5) is 14.0. The van der Waals surface area contributed by atoms with Gasteiger partial charge in [-0.3, -0.25) is 4.79 Å². The molecule has 0 spiro atoms. The maximum Gasteiger partial charge on any atom is 0.224 e. The highest BCUT2D eigenvalue weighted by molar-refractivity contribution is 5.76. The first kappa shape index (κ1) is 11.9. The van der Waals surface area contributed by atoms with Crippen LogP contribution in [-0.2, 0) is 9.53 Å². The van der Waals surface area contributed by atoms with Gasteiger partial charge in [-0.2, -0.15) is 0 Å². The lowest BCUT2D eigenvalue weighted by Gasteiger charge is -2.37. The second-order valence-electron chi connectivity index (χ2n) is 4.81. The SMILES string of the molecule is NCCC(=O)N1CCOC[C@H]2CCCC[C@@H]21. The molecule has 0 aromatic heterocycles. The van der Waals surface area contributed by atoms with Gasteiger partial charge in [-0.05, 0) is 12.8 Å². The zero-order chi connectivity index (χ0) is 11.4. The molecule has 2 fully saturated rings. The molecule has 2 rings (SSSR count). The van der Waals surface area contributed by atoms with Crippen molar-refractivity contribution in [2.24, 2.45) is 11.7 Å². The monoisotopic (exact) mass is 226 g/mol. The molecule has 92 valence electrons. The van der Waals surface area contributed by atoms with Crippen LogP contribution in [0.4, 0.5) is 0 Å². The quantitative estimate of drug-likeness (QED) is 0.756. The molecular weight excluding hydrogens is 204 g/mol. The number of hydrogen-bond donors (Lipinski definition) is 1. The maximum absolute atomic E-state index is 12.0. The Hall–Kier alpha value is -0.610. The molecule has 1 amide bonds. The smallest absolute Gasteiger partial charge is 0.224 e. The summed E-state index contributed by atoms with van der Waals surface area (Å²) in [7, 11) is 0. The summed E-state index contributed by atoms with van der Waals surface area (Å²) in [5.74, 6) is 0.767. The molecule has 1 heterocycles. The van der Waals surface area contributed by atoms with Gasteiger partial charge in [0.1, 0.15) is 0 Å². The van der Waals surface area contributed by atoms with Crippen molar-refractivity contribution in [2.45, 2.75) is 38.1 Å². The molecule has 0 aromatic rings. The van der Waals surface area contributed by atoms with Gasteiger partial charge in [-0.15, -0.1) is 0 Å². The fourth-order valence-corrected chi connectivity index (χ4v) is 2.93. The summed E-state index contributed by atoms with van der Waals surface area (Å²) in [6.07, 6.45) is 5.35. The highest BCUT2D eigenvalue weighted by Gasteiger charge is 2.34. The molecule has 4 heteroatoms. The van der Waals surface area contributed by atoms with E-state index in [1.807, 2.05) is 4.90 Å². The maximum atomic E-state index is 12.0. The van der Waals surface area contributed by atoms with Crippen LogP contribution in [0.2, 0.25) is 0 Å². The molecule has 1 saturated carbocycles. The first-order valence-corrected chi connectivity index (χ1v) is 6.40. The normalized spacial score (nSPS) is 30.7. The highest BCUT2D eigenvalue weighted by atomic mass is 16.5. The van der Waals surface area contributed by atoms with Crippen molar-refractivity contribution in [3.63, 3.8) is 0 Å². The predicted molar refractivity (Wildman–Crippen MR) is 61.9 cm³/mol. The molecule has 2 aliphatic rings. The number of carbonyl (C=O) groups is 1. The lowest BCUT2D eigenvalue weighted by atomic mass is 9.84. The first-order valence-electron chi connectivity index (χ1n) is 6.40. The van der Waals surface area contributed by atoms with Crippen molar-refractivity contribution < 1.29 is 9.53 Å². The number of nitrogens with two attached hydrogens (primary N) is 1. The zero-order valence-electron chi connectivity index (χ0n) is 9.86. The Morgan fingerprint density at radius 2 is 2.19 bits per heavy atom. The third-order valence-corrected chi connectivity index (χ3v) is 3.76. The summed E-state index contributed by atoms with van der Waals surface area (Å²) in [6.45, 7) is 2.72. The molecule has 0 aromatic carbocycles. The van der Waals surface area contributed by atoms with Gasteiger partial charge < -0.3 is 15.4 Å². The van der Waals surface area contributed by atoms with Crippen molar-refractivity contribution in [1.29, 1.82) is 0 Å². The van der Waals surface area contributed by atoms with Crippen LogP contribution in [0.1, 0.15) is 32.1 Å². The van der Waals surface area contributed by atoms with Gasteiger partial charge in [0.25, 0.3) is 0 Å². The van der Waals surface area contributed by atoms with Gasteiger partial charge in [0.15, 0.2) is 0 Å². The summed E-state index contributed by atoms with van der Waals surface area (Å²) in [5.41, 5.74) is 5.46. The van der Waals surface area contributed by atoms with E-state index in [1.165, 1.54) is 19.3 Å². The third-order valence-electron chi connectivity index (χ3n) is 3.76. The Morgan fingerprint density at radius 1 is 1.38 bits per heavy atom. The topological polar surface area (TPSA) is 55.6 Å². The van der Waals surface area contributed by atoms with Crippen molar-refractivity contribution in [2.75, 3.05) is 26.3 Å². The molecule has 1 saturated heterocycles. The molecule has 0 radical (unpaired) electrons. The average molecular weight is 226 g/mol. The van der Waals surface area contributed by atoms with Crippen LogP contribution < -0.4 is 5.73 Å². The number of rotatable bonds is 2. The summed E-state index contributed by atoms with van der Waals surface area (Å²) in [5, 5.41) is 0. The van der Waals surface area contributed by atoms with Crippen molar-refractivity contribution in [3.05, 3.63) is 0 Å². The van der Waals surface area contributed by atoms with Crippen LogP contribution in [-0.4, -0.2) is 43.2 Å². The Labute approximate surface area is 97.1 Å². The molecular formula is C12H22N2O2. The Kier molecular flexibility index (Phi) is 4.18. The van der Waals surface area contributed by atoms with Gasteiger partial charge in [0.05, 0.1) is 13.2 Å². The fourth-order valence-electron chi connectivity index (χ4n) is 2.93. The number of ether oxygens (including phenoxy) is 1. The van der Waals surface area contributed by atoms with Crippen LogP contribution in [0.25, 0.3) is 0 Å². The second-order valence-corrected chi connectivity index (χ2v) is 4.81. The predicted octanol–water partition coefficient (Wildman–Crippen LogP) is 0.753. The third kappa shape index (κ3) is 2.55. The van der Waals surface area contributed by atoms with Crippen molar-refractivity contribution >= 4 is 5.91 Å². The van der Waals surface area contributed by atoms with E-state index in [0.29, 0.717) is 31.5 Å². The van der Waals surface area contributed by atoms with E-state index < -0.39 is 0 Å².